The first-order valence-electron chi connectivity index (χ1n) is 4.66. The minimum absolute atomic E-state index is 0.328. The van der Waals surface area contributed by atoms with Crippen LogP contribution >= 0.6 is 0 Å². The minimum Gasteiger partial charge on any atom is -0.465 e. The molecule has 1 unspecified atom stereocenters. The van der Waals surface area contributed by atoms with Crippen LogP contribution in [0, 0.1) is 5.41 Å². The molecule has 0 aromatic carbocycles. The van der Waals surface area contributed by atoms with Gasteiger partial charge < -0.3 is 9.47 Å². The maximum atomic E-state index is 11.5. The molecule has 82 valence electrons. The van der Waals surface area contributed by atoms with E-state index in [1.165, 1.54) is 6.92 Å². The molecule has 0 heterocycles. The second-order valence-corrected chi connectivity index (χ2v) is 3.69. The molecule has 0 spiro atoms. The molecule has 4 nitrogen and oxygen atoms in total. The second kappa shape index (κ2) is 4.98. The summed E-state index contributed by atoms with van der Waals surface area (Å²) >= 11 is 0. The smallest absolute Gasteiger partial charge is 0.315 e. The fourth-order valence-electron chi connectivity index (χ4n) is 0.879. The SMILES string of the molecule is CCOC(=O)C(C)(C)C(C)OC(C)=O. The topological polar surface area (TPSA) is 52.6 Å². The third kappa shape index (κ3) is 3.36. The van der Waals surface area contributed by atoms with Crippen LogP contribution in [-0.4, -0.2) is 24.6 Å². The number of hydrogen-bond acceptors (Lipinski definition) is 4. The van der Waals surface area contributed by atoms with Crippen LogP contribution in [0.1, 0.15) is 34.6 Å². The van der Waals surface area contributed by atoms with E-state index < -0.39 is 17.5 Å². The van der Waals surface area contributed by atoms with Gasteiger partial charge in [0, 0.05) is 6.92 Å². The molecule has 1 atom stereocenters. The third-order valence-electron chi connectivity index (χ3n) is 2.16. The summed E-state index contributed by atoms with van der Waals surface area (Å²) in [5.41, 5.74) is -0.804. The molecule has 0 aromatic heterocycles. The van der Waals surface area contributed by atoms with Gasteiger partial charge in [-0.05, 0) is 27.7 Å². The van der Waals surface area contributed by atoms with Gasteiger partial charge in [0.1, 0.15) is 6.10 Å². The molecule has 0 amide bonds. The number of hydrogen-bond donors (Lipinski definition) is 0. The molecule has 0 fully saturated rings. The van der Waals surface area contributed by atoms with Gasteiger partial charge in [0.15, 0.2) is 0 Å². The van der Waals surface area contributed by atoms with Gasteiger partial charge in [-0.3, -0.25) is 9.59 Å². The Morgan fingerprint density at radius 2 is 1.86 bits per heavy atom. The number of esters is 2. The largest absolute Gasteiger partial charge is 0.465 e. The summed E-state index contributed by atoms with van der Waals surface area (Å²) in [7, 11) is 0. The van der Waals surface area contributed by atoms with E-state index in [0.717, 1.165) is 0 Å². The quantitative estimate of drug-likeness (QED) is 0.649. The van der Waals surface area contributed by atoms with Crippen LogP contribution in [0.2, 0.25) is 0 Å². The summed E-state index contributed by atoms with van der Waals surface area (Å²) in [6.45, 7) is 8.45. The number of carbonyl (C=O) groups is 2. The predicted molar refractivity (Wildman–Crippen MR) is 51.6 cm³/mol. The van der Waals surface area contributed by atoms with Gasteiger partial charge in [-0.1, -0.05) is 0 Å². The van der Waals surface area contributed by atoms with E-state index in [-0.39, 0.29) is 5.97 Å². The van der Waals surface area contributed by atoms with Gasteiger partial charge in [0.05, 0.1) is 12.0 Å². The van der Waals surface area contributed by atoms with E-state index in [1.807, 2.05) is 0 Å². The Hall–Kier alpha value is -1.06. The van der Waals surface area contributed by atoms with Crippen molar-refractivity contribution >= 4 is 11.9 Å². The Morgan fingerprint density at radius 1 is 1.36 bits per heavy atom. The molecule has 0 saturated heterocycles. The van der Waals surface area contributed by atoms with Crippen molar-refractivity contribution in [3.63, 3.8) is 0 Å². The van der Waals surface area contributed by atoms with Crippen molar-refractivity contribution in [3.05, 3.63) is 0 Å². The van der Waals surface area contributed by atoms with Crippen molar-refractivity contribution in [1.82, 2.24) is 0 Å². The summed E-state index contributed by atoms with van der Waals surface area (Å²) < 4.78 is 9.82. The Bertz CT molecular complexity index is 220. The summed E-state index contributed by atoms with van der Waals surface area (Å²) in [6, 6.07) is 0. The second-order valence-electron chi connectivity index (χ2n) is 3.69. The standard InChI is InChI=1S/C10H18O4/c1-6-13-9(12)10(4,5)7(2)14-8(3)11/h7H,6H2,1-5H3. The average molecular weight is 202 g/mol. The highest BCUT2D eigenvalue weighted by molar-refractivity contribution is 5.77. The van der Waals surface area contributed by atoms with Gasteiger partial charge in [-0.2, -0.15) is 0 Å². The van der Waals surface area contributed by atoms with Crippen molar-refractivity contribution in [1.29, 1.82) is 0 Å². The monoisotopic (exact) mass is 202 g/mol. The molecule has 0 aliphatic rings. The van der Waals surface area contributed by atoms with Gasteiger partial charge in [-0.25, -0.2) is 0 Å². The van der Waals surface area contributed by atoms with E-state index in [4.69, 9.17) is 9.47 Å². The normalized spacial score (nSPS) is 13.2. The van der Waals surface area contributed by atoms with Crippen LogP contribution in [0.4, 0.5) is 0 Å². The third-order valence-corrected chi connectivity index (χ3v) is 2.16. The maximum absolute atomic E-state index is 11.5. The van der Waals surface area contributed by atoms with Crippen LogP contribution < -0.4 is 0 Å². The van der Waals surface area contributed by atoms with Crippen LogP contribution in [-0.2, 0) is 19.1 Å². The lowest BCUT2D eigenvalue weighted by Gasteiger charge is -2.28. The van der Waals surface area contributed by atoms with Crippen LogP contribution in [0.5, 0.6) is 0 Å². The molecular weight excluding hydrogens is 184 g/mol. The number of carbonyl (C=O) groups excluding carboxylic acids is 2. The summed E-state index contributed by atoms with van der Waals surface area (Å²) in [5.74, 6) is -0.747. The molecule has 0 aliphatic carbocycles. The van der Waals surface area contributed by atoms with Crippen LogP contribution in [0.3, 0.4) is 0 Å². The molecule has 14 heavy (non-hydrogen) atoms. The molecule has 0 saturated carbocycles. The molecule has 0 radical (unpaired) electrons. The first-order chi connectivity index (χ1) is 6.32. The van der Waals surface area contributed by atoms with E-state index in [9.17, 15) is 9.59 Å². The maximum Gasteiger partial charge on any atom is 0.315 e. The van der Waals surface area contributed by atoms with Crippen molar-refractivity contribution in [3.8, 4) is 0 Å². The zero-order chi connectivity index (χ0) is 11.4. The number of rotatable bonds is 4. The Morgan fingerprint density at radius 3 is 2.21 bits per heavy atom. The fraction of sp³-hybridized carbons (Fsp3) is 0.800. The molecule has 4 heteroatoms. The zero-order valence-electron chi connectivity index (χ0n) is 9.42. The van der Waals surface area contributed by atoms with E-state index in [2.05, 4.69) is 0 Å². The molecule has 0 N–H and O–H groups in total. The fourth-order valence-corrected chi connectivity index (χ4v) is 0.879. The highest BCUT2D eigenvalue weighted by atomic mass is 16.6. The lowest BCUT2D eigenvalue weighted by atomic mass is 9.87. The van der Waals surface area contributed by atoms with E-state index in [0.29, 0.717) is 6.61 Å². The number of ether oxygens (including phenoxy) is 2. The van der Waals surface area contributed by atoms with Gasteiger partial charge in [0.25, 0.3) is 0 Å². The first kappa shape index (κ1) is 12.9. The highest BCUT2D eigenvalue weighted by Gasteiger charge is 2.37. The van der Waals surface area contributed by atoms with Crippen molar-refractivity contribution in [2.45, 2.75) is 40.7 Å². The van der Waals surface area contributed by atoms with Crippen molar-refractivity contribution in [2.75, 3.05) is 6.61 Å². The highest BCUT2D eigenvalue weighted by Crippen LogP contribution is 2.25. The van der Waals surface area contributed by atoms with Crippen LogP contribution in [0.15, 0.2) is 0 Å². The summed E-state index contributed by atoms with van der Waals surface area (Å²) in [6.07, 6.45) is -0.487. The molecule has 0 aliphatic heterocycles. The van der Waals surface area contributed by atoms with E-state index in [1.54, 1.807) is 27.7 Å². The predicted octanol–water partition coefficient (Wildman–Crippen LogP) is 1.53. The van der Waals surface area contributed by atoms with Gasteiger partial charge >= 0.3 is 11.9 Å². The van der Waals surface area contributed by atoms with Crippen molar-refractivity contribution < 1.29 is 19.1 Å². The molecule has 0 rings (SSSR count). The lowest BCUT2D eigenvalue weighted by molar-refractivity contribution is -0.167. The first-order valence-corrected chi connectivity index (χ1v) is 4.66. The Kier molecular flexibility index (Phi) is 4.60. The molecular formula is C10H18O4. The van der Waals surface area contributed by atoms with E-state index >= 15 is 0 Å². The minimum atomic E-state index is -0.804. The lowest BCUT2D eigenvalue weighted by Crippen LogP contribution is -2.39. The molecule has 0 bridgehead atoms. The Labute approximate surface area is 84.6 Å². The average Bonchev–Trinajstić information content (AvgIpc) is 2.03. The zero-order valence-corrected chi connectivity index (χ0v) is 9.42. The van der Waals surface area contributed by atoms with Crippen molar-refractivity contribution in [2.24, 2.45) is 5.41 Å². The Balaban J connectivity index is 4.42. The summed E-state index contributed by atoms with van der Waals surface area (Å²) in [4.78, 5) is 22.2. The van der Waals surface area contributed by atoms with Crippen LogP contribution in [0.25, 0.3) is 0 Å². The summed E-state index contributed by atoms with van der Waals surface area (Å²) in [5, 5.41) is 0. The molecule has 0 aromatic rings. The van der Waals surface area contributed by atoms with Gasteiger partial charge in [-0.15, -0.1) is 0 Å². The van der Waals surface area contributed by atoms with Gasteiger partial charge in [0.2, 0.25) is 0 Å².